The van der Waals surface area contributed by atoms with E-state index in [-0.39, 0.29) is 7.43 Å². The molecular weight excluding hydrogens is 536 g/mol. The fourth-order valence-electron chi connectivity index (χ4n) is 5.25. The predicted octanol–water partition coefficient (Wildman–Crippen LogP) is 14.9. The molecule has 0 atom stereocenters. The van der Waals surface area contributed by atoms with Crippen molar-refractivity contribution in [3.63, 3.8) is 0 Å². The molecule has 44 heavy (non-hydrogen) atoms. The zero-order valence-electron chi connectivity index (χ0n) is 32.1. The van der Waals surface area contributed by atoms with Crippen LogP contribution in [0.4, 0.5) is 0 Å². The molecule has 3 saturated carbocycles. The fourth-order valence-corrected chi connectivity index (χ4v) is 5.25. The van der Waals surface area contributed by atoms with Gasteiger partial charge in [-0.25, -0.2) is 0 Å². The monoisotopic (exact) mass is 619 g/mol. The minimum absolute atomic E-state index is 0. The van der Waals surface area contributed by atoms with E-state index in [1.54, 1.807) is 0 Å². The minimum atomic E-state index is 0. The Bertz CT molecular complexity index is 758. The normalized spacial score (nSPS) is 17.9. The molecule has 0 aromatic heterocycles. The van der Waals surface area contributed by atoms with Gasteiger partial charge in [0.15, 0.2) is 11.5 Å². The first-order chi connectivity index (χ1) is 19.5. The van der Waals surface area contributed by atoms with Gasteiger partial charge >= 0.3 is 0 Å². The van der Waals surface area contributed by atoms with Crippen LogP contribution in [-0.2, 0) is 0 Å². The summed E-state index contributed by atoms with van der Waals surface area (Å²) in [7, 11) is 0. The first-order valence-electron chi connectivity index (χ1n) is 17.9. The van der Waals surface area contributed by atoms with Gasteiger partial charge in [0, 0.05) is 0 Å². The number of hydrogen-bond acceptors (Lipinski definition) is 2. The third-order valence-electron chi connectivity index (χ3n) is 7.27. The molecule has 1 heterocycles. The fraction of sp³-hybridized carbons (Fsp3) is 0.857. The van der Waals surface area contributed by atoms with E-state index in [1.165, 1.54) is 83.5 Å². The smallest absolute Gasteiger partial charge is 0.231 e. The van der Waals surface area contributed by atoms with Crippen LogP contribution in [0.5, 0.6) is 11.5 Å². The quantitative estimate of drug-likeness (QED) is 0.335. The molecule has 0 radical (unpaired) electrons. The maximum absolute atomic E-state index is 5.08. The lowest BCUT2D eigenvalue weighted by molar-refractivity contribution is 0.174. The molecule has 4 aliphatic rings. The van der Waals surface area contributed by atoms with Crippen LogP contribution in [0.15, 0.2) is 24.3 Å². The molecule has 0 bridgehead atoms. The van der Waals surface area contributed by atoms with Gasteiger partial charge in [0.05, 0.1) is 0 Å². The molecule has 5 rings (SSSR count). The first-order valence-corrected chi connectivity index (χ1v) is 17.9. The Morgan fingerprint density at radius 3 is 1.16 bits per heavy atom. The molecule has 1 aliphatic heterocycles. The summed E-state index contributed by atoms with van der Waals surface area (Å²) in [6.07, 6.45) is 19.2. The Labute approximate surface area is 279 Å². The Balaban J connectivity index is 0. The van der Waals surface area contributed by atoms with Crippen molar-refractivity contribution in [3.8, 4) is 11.5 Å². The molecule has 1 aromatic carbocycles. The van der Waals surface area contributed by atoms with Gasteiger partial charge in [-0.15, -0.1) is 0 Å². The van der Waals surface area contributed by atoms with Crippen LogP contribution in [0.1, 0.15) is 195 Å². The molecule has 262 valence electrons. The summed E-state index contributed by atoms with van der Waals surface area (Å²) in [5.41, 5.74) is 2.90. The maximum atomic E-state index is 5.08. The van der Waals surface area contributed by atoms with Crippen LogP contribution in [-0.4, -0.2) is 6.79 Å². The van der Waals surface area contributed by atoms with Gasteiger partial charge in [-0.05, 0) is 70.8 Å². The van der Waals surface area contributed by atoms with Gasteiger partial charge in [0.25, 0.3) is 0 Å². The minimum Gasteiger partial charge on any atom is -0.454 e. The Morgan fingerprint density at radius 1 is 0.614 bits per heavy atom. The van der Waals surface area contributed by atoms with Gasteiger partial charge in [0.1, 0.15) is 0 Å². The van der Waals surface area contributed by atoms with Gasteiger partial charge in [0.2, 0.25) is 6.79 Å². The van der Waals surface area contributed by atoms with Crippen molar-refractivity contribution >= 4 is 0 Å². The molecule has 2 heteroatoms. The molecule has 0 spiro atoms. The topological polar surface area (TPSA) is 18.5 Å². The van der Waals surface area contributed by atoms with Crippen LogP contribution in [0.3, 0.4) is 0 Å². The average molecular weight is 619 g/mol. The van der Waals surface area contributed by atoms with Gasteiger partial charge in [-0.3, -0.25) is 0 Å². The molecule has 0 N–H and O–H groups in total. The lowest BCUT2D eigenvalue weighted by Gasteiger charge is -2.31. The maximum Gasteiger partial charge on any atom is 0.231 e. The lowest BCUT2D eigenvalue weighted by atomic mass is 9.74. The van der Waals surface area contributed by atoms with Gasteiger partial charge in [-0.2, -0.15) is 0 Å². The molecule has 3 aliphatic carbocycles. The second-order valence-electron chi connectivity index (χ2n) is 19.3. The van der Waals surface area contributed by atoms with E-state index >= 15 is 0 Å². The van der Waals surface area contributed by atoms with Crippen molar-refractivity contribution in [3.05, 3.63) is 24.3 Å². The van der Waals surface area contributed by atoms with E-state index in [0.29, 0.717) is 28.5 Å². The summed E-state index contributed by atoms with van der Waals surface area (Å²) in [5.74, 6) is 2.76. The first kappa shape index (κ1) is 44.9. The van der Waals surface area contributed by atoms with Crippen LogP contribution in [0.2, 0.25) is 0 Å². The van der Waals surface area contributed by atoms with Crippen LogP contribution < -0.4 is 9.47 Å². The number of hydrogen-bond donors (Lipinski definition) is 0. The van der Waals surface area contributed by atoms with Crippen LogP contribution in [0, 0.1) is 33.0 Å². The highest BCUT2D eigenvalue weighted by Gasteiger charge is 2.42. The van der Waals surface area contributed by atoms with E-state index in [1.807, 2.05) is 24.3 Å². The summed E-state index contributed by atoms with van der Waals surface area (Å²) in [4.78, 5) is 0. The highest BCUT2D eigenvalue weighted by Crippen LogP contribution is 2.55. The van der Waals surface area contributed by atoms with Crippen LogP contribution >= 0.6 is 0 Å². The molecule has 0 saturated heterocycles. The summed E-state index contributed by atoms with van der Waals surface area (Å²) in [6, 6.07) is 7.63. The zero-order valence-corrected chi connectivity index (χ0v) is 32.1. The second-order valence-corrected chi connectivity index (χ2v) is 19.3. The highest BCUT2D eigenvalue weighted by molar-refractivity contribution is 5.40. The molecule has 3 fully saturated rings. The Kier molecular flexibility index (Phi) is 21.3. The van der Waals surface area contributed by atoms with Gasteiger partial charge < -0.3 is 9.47 Å². The Hall–Kier alpha value is -1.18. The van der Waals surface area contributed by atoms with Gasteiger partial charge in [-0.1, -0.05) is 181 Å². The summed E-state index contributed by atoms with van der Waals surface area (Å²) < 4.78 is 10.2. The standard InChI is InChI=1S/C10H20.C9H18.C7H6O2.C5H10.2C5H12.CH4/c1-5-10(6-7-10)8-9(2,3)4;1-9(2,3)7-8-5-4-6-8;1-2-4-7-6(3-1)8-5-9-7;1-2-4-5-3-1;2*1-5(2,3)4;/h5-8H2,1-4H3;8H,4-7H2,1-3H3;1-4H,5H2;1-5H2;2*1-4H3;1H4. The summed E-state index contributed by atoms with van der Waals surface area (Å²) in [5, 5.41) is 0. The lowest BCUT2D eigenvalue weighted by Crippen LogP contribution is -2.18. The van der Waals surface area contributed by atoms with Crippen molar-refractivity contribution in [1.29, 1.82) is 0 Å². The van der Waals surface area contributed by atoms with E-state index in [4.69, 9.17) is 9.47 Å². The summed E-state index contributed by atoms with van der Waals surface area (Å²) >= 11 is 0. The van der Waals surface area contributed by atoms with E-state index in [9.17, 15) is 0 Å². The molecule has 0 unspecified atom stereocenters. The molecular formula is C42H82O2. The molecule has 0 amide bonds. The predicted molar refractivity (Wildman–Crippen MR) is 200 cm³/mol. The number of benzene rings is 1. The van der Waals surface area contributed by atoms with E-state index < -0.39 is 0 Å². The molecule has 1 aromatic rings. The SMILES string of the molecule is C.C1CCCC1.CC(C)(C)C.CC(C)(C)C.CC(C)(C)CC1CCC1.CCC1(CC(C)(C)C)CC1.c1ccc2c(c1)OCO2. The average Bonchev–Trinajstić information content (AvgIpc) is 3.20. The number of rotatable bonds is 3. The third-order valence-corrected chi connectivity index (χ3v) is 7.27. The van der Waals surface area contributed by atoms with E-state index in [2.05, 4.69) is 104 Å². The molecule has 2 nitrogen and oxygen atoms in total. The Morgan fingerprint density at radius 2 is 0.977 bits per heavy atom. The zero-order chi connectivity index (χ0) is 33.4. The number of para-hydroxylation sites is 2. The highest BCUT2D eigenvalue weighted by atomic mass is 16.7. The van der Waals surface area contributed by atoms with Crippen molar-refractivity contribution in [1.82, 2.24) is 0 Å². The third kappa shape index (κ3) is 30.8. The largest absolute Gasteiger partial charge is 0.454 e. The van der Waals surface area contributed by atoms with Crippen molar-refractivity contribution in [2.75, 3.05) is 6.79 Å². The summed E-state index contributed by atoms with van der Waals surface area (Å²) in [6.45, 7) is 34.3. The van der Waals surface area contributed by atoms with Crippen molar-refractivity contribution < 1.29 is 9.47 Å². The van der Waals surface area contributed by atoms with Crippen molar-refractivity contribution in [2.24, 2.45) is 33.0 Å². The van der Waals surface area contributed by atoms with E-state index in [0.717, 1.165) is 22.8 Å². The van der Waals surface area contributed by atoms with Crippen molar-refractivity contribution in [2.45, 2.75) is 195 Å². The number of ether oxygens (including phenoxy) is 2. The second kappa shape index (κ2) is 20.8. The number of fused-ring (bicyclic) bond motifs is 1. The van der Waals surface area contributed by atoms with Crippen LogP contribution in [0.25, 0.3) is 0 Å².